The highest BCUT2D eigenvalue weighted by molar-refractivity contribution is 5.94. The first-order valence-electron chi connectivity index (χ1n) is 7.06. The summed E-state index contributed by atoms with van der Waals surface area (Å²) in [5, 5.41) is 12.3. The Hall–Kier alpha value is -2.90. The Balaban J connectivity index is 1.98. The van der Waals surface area contributed by atoms with Crippen molar-refractivity contribution in [1.82, 2.24) is 25.8 Å². The molecule has 2 heterocycles. The molecule has 0 aliphatic heterocycles. The zero-order chi connectivity index (χ0) is 16.8. The molecular formula is C15H19N5O3. The number of pyridine rings is 1. The van der Waals surface area contributed by atoms with E-state index in [0.717, 1.165) is 17.0 Å². The zero-order valence-corrected chi connectivity index (χ0v) is 13.3. The van der Waals surface area contributed by atoms with Crippen LogP contribution in [0.5, 0.6) is 0 Å². The van der Waals surface area contributed by atoms with Crippen LogP contribution in [0.3, 0.4) is 0 Å². The summed E-state index contributed by atoms with van der Waals surface area (Å²) in [6.45, 7) is 4.37. The highest BCUT2D eigenvalue weighted by Gasteiger charge is 2.11. The molecule has 0 aliphatic carbocycles. The third-order valence-electron chi connectivity index (χ3n) is 3.38. The Kier molecular flexibility index (Phi) is 5.29. The van der Waals surface area contributed by atoms with Crippen LogP contribution < -0.4 is 10.6 Å². The number of hydrogen-bond donors (Lipinski definition) is 3. The summed E-state index contributed by atoms with van der Waals surface area (Å²) in [6.07, 6.45) is 0.977. The Bertz CT molecular complexity index is 691. The van der Waals surface area contributed by atoms with Gasteiger partial charge in [-0.15, -0.1) is 0 Å². The molecule has 3 N–H and O–H groups in total. The second kappa shape index (κ2) is 7.39. The van der Waals surface area contributed by atoms with Gasteiger partial charge in [0.15, 0.2) is 0 Å². The molecule has 2 aromatic heterocycles. The predicted molar refractivity (Wildman–Crippen MR) is 82.7 cm³/mol. The maximum Gasteiger partial charge on any atom is 0.407 e. The summed E-state index contributed by atoms with van der Waals surface area (Å²) in [5.41, 5.74) is 3.81. The second-order valence-electron chi connectivity index (χ2n) is 4.98. The lowest BCUT2D eigenvalue weighted by Crippen LogP contribution is -2.25. The molecule has 0 saturated heterocycles. The van der Waals surface area contributed by atoms with Crippen molar-refractivity contribution < 1.29 is 14.3 Å². The number of nitrogens with zero attached hydrogens (tertiary/aromatic N) is 2. The van der Waals surface area contributed by atoms with Crippen molar-refractivity contribution in [3.63, 3.8) is 0 Å². The molecule has 0 aromatic carbocycles. The van der Waals surface area contributed by atoms with E-state index in [2.05, 4.69) is 30.6 Å². The normalized spacial score (nSPS) is 10.2. The smallest absolute Gasteiger partial charge is 0.407 e. The summed E-state index contributed by atoms with van der Waals surface area (Å²) < 4.78 is 4.49. The van der Waals surface area contributed by atoms with Crippen LogP contribution in [0.4, 0.5) is 4.79 Å². The van der Waals surface area contributed by atoms with E-state index >= 15 is 0 Å². The zero-order valence-electron chi connectivity index (χ0n) is 13.3. The summed E-state index contributed by atoms with van der Waals surface area (Å²) in [5.74, 6) is -0.216. The number of aromatic amines is 1. The van der Waals surface area contributed by atoms with Gasteiger partial charge in [-0.1, -0.05) is 0 Å². The molecule has 0 atom stereocenters. The Morgan fingerprint density at radius 2 is 2.04 bits per heavy atom. The van der Waals surface area contributed by atoms with Crippen LogP contribution in [-0.2, 0) is 17.8 Å². The van der Waals surface area contributed by atoms with Gasteiger partial charge < -0.3 is 15.4 Å². The van der Waals surface area contributed by atoms with Crippen LogP contribution in [0.15, 0.2) is 18.3 Å². The monoisotopic (exact) mass is 317 g/mol. The lowest BCUT2D eigenvalue weighted by molar-refractivity contribution is 0.0950. The van der Waals surface area contributed by atoms with Crippen molar-refractivity contribution in [3.05, 3.63) is 46.5 Å². The van der Waals surface area contributed by atoms with E-state index < -0.39 is 6.09 Å². The summed E-state index contributed by atoms with van der Waals surface area (Å²) in [7, 11) is 1.28. The highest BCUT2D eigenvalue weighted by Crippen LogP contribution is 2.09. The molecule has 0 spiro atoms. The van der Waals surface area contributed by atoms with Crippen LogP contribution >= 0.6 is 0 Å². The standard InChI is InChI=1S/C15H19N5O3/c1-9-13(10(2)20-19-9)8-17-14(21)11-4-5-16-12(6-11)7-18-15(22)23-3/h4-6H,7-8H2,1-3H3,(H,17,21)(H,18,22)(H,19,20). The molecule has 122 valence electrons. The van der Waals surface area contributed by atoms with Gasteiger partial charge in [0.25, 0.3) is 5.91 Å². The molecule has 0 bridgehead atoms. The number of nitrogens with one attached hydrogen (secondary N) is 3. The number of carbonyl (C=O) groups excluding carboxylic acids is 2. The number of H-pyrrole nitrogens is 1. The highest BCUT2D eigenvalue weighted by atomic mass is 16.5. The first kappa shape index (κ1) is 16.5. The molecule has 2 aromatic rings. The van der Waals surface area contributed by atoms with Crippen LogP contribution in [0.1, 0.15) is 33.0 Å². The minimum absolute atomic E-state index is 0.188. The maximum absolute atomic E-state index is 12.2. The van der Waals surface area contributed by atoms with Crippen LogP contribution in [-0.4, -0.2) is 34.3 Å². The number of aromatic nitrogens is 3. The topological polar surface area (TPSA) is 109 Å². The number of hydrogen-bond acceptors (Lipinski definition) is 5. The molecule has 8 heteroatoms. The summed E-state index contributed by atoms with van der Waals surface area (Å²) >= 11 is 0. The molecule has 0 saturated carbocycles. The van der Waals surface area contributed by atoms with Crippen LogP contribution in [0, 0.1) is 13.8 Å². The second-order valence-corrected chi connectivity index (χ2v) is 4.98. The van der Waals surface area contributed by atoms with Gasteiger partial charge in [-0.2, -0.15) is 5.10 Å². The number of ether oxygens (including phenoxy) is 1. The van der Waals surface area contributed by atoms with Gasteiger partial charge >= 0.3 is 6.09 Å². The molecule has 2 amide bonds. The number of aryl methyl sites for hydroxylation is 2. The van der Waals surface area contributed by atoms with Gasteiger partial charge in [0.1, 0.15) is 0 Å². The quantitative estimate of drug-likeness (QED) is 0.768. The lowest BCUT2D eigenvalue weighted by atomic mass is 10.1. The fraction of sp³-hybridized carbons (Fsp3) is 0.333. The fourth-order valence-corrected chi connectivity index (χ4v) is 2.06. The van der Waals surface area contributed by atoms with Gasteiger partial charge in [0.05, 0.1) is 25.0 Å². The van der Waals surface area contributed by atoms with Crippen molar-refractivity contribution in [1.29, 1.82) is 0 Å². The molecule has 0 unspecified atom stereocenters. The van der Waals surface area contributed by atoms with E-state index in [-0.39, 0.29) is 12.5 Å². The van der Waals surface area contributed by atoms with Gasteiger partial charge in [-0.3, -0.25) is 14.9 Å². The van der Waals surface area contributed by atoms with E-state index in [9.17, 15) is 9.59 Å². The van der Waals surface area contributed by atoms with E-state index in [1.807, 2.05) is 13.8 Å². The van der Waals surface area contributed by atoms with Crippen molar-refractivity contribution in [2.45, 2.75) is 26.9 Å². The molecule has 8 nitrogen and oxygen atoms in total. The van der Waals surface area contributed by atoms with Gasteiger partial charge in [-0.25, -0.2) is 4.79 Å². The lowest BCUT2D eigenvalue weighted by Gasteiger charge is -2.07. The average molecular weight is 317 g/mol. The maximum atomic E-state index is 12.2. The van der Waals surface area contributed by atoms with Crippen molar-refractivity contribution >= 4 is 12.0 Å². The molecule has 0 radical (unpaired) electrons. The SMILES string of the molecule is COC(=O)NCc1cc(C(=O)NCc2c(C)n[nH]c2C)ccn1. The minimum Gasteiger partial charge on any atom is -0.453 e. The molecule has 0 fully saturated rings. The number of amides is 2. The van der Waals surface area contributed by atoms with Crippen molar-refractivity contribution in [2.24, 2.45) is 0 Å². The minimum atomic E-state index is -0.549. The van der Waals surface area contributed by atoms with E-state index in [4.69, 9.17) is 0 Å². The molecule has 0 aliphatic rings. The van der Waals surface area contributed by atoms with Crippen molar-refractivity contribution in [3.8, 4) is 0 Å². The largest absolute Gasteiger partial charge is 0.453 e. The first-order valence-corrected chi connectivity index (χ1v) is 7.06. The van der Waals surface area contributed by atoms with E-state index in [1.54, 1.807) is 12.1 Å². The van der Waals surface area contributed by atoms with E-state index in [1.165, 1.54) is 13.3 Å². The third-order valence-corrected chi connectivity index (χ3v) is 3.38. The van der Waals surface area contributed by atoms with Crippen LogP contribution in [0.25, 0.3) is 0 Å². The molecule has 2 rings (SSSR count). The Morgan fingerprint density at radius 1 is 1.26 bits per heavy atom. The first-order chi connectivity index (χ1) is 11.0. The Labute approximate surface area is 133 Å². The summed E-state index contributed by atoms with van der Waals surface area (Å²) in [6, 6.07) is 3.24. The fourth-order valence-electron chi connectivity index (χ4n) is 2.06. The number of carbonyl (C=O) groups is 2. The van der Waals surface area contributed by atoms with E-state index in [0.29, 0.717) is 17.8 Å². The number of rotatable bonds is 5. The predicted octanol–water partition coefficient (Wildman–Crippen LogP) is 1.21. The van der Waals surface area contributed by atoms with Crippen molar-refractivity contribution in [2.75, 3.05) is 7.11 Å². The third kappa shape index (κ3) is 4.29. The molecule has 23 heavy (non-hydrogen) atoms. The molecular weight excluding hydrogens is 298 g/mol. The van der Waals surface area contributed by atoms with Crippen LogP contribution in [0.2, 0.25) is 0 Å². The number of methoxy groups -OCH3 is 1. The number of alkyl carbamates (subject to hydrolysis) is 1. The summed E-state index contributed by atoms with van der Waals surface area (Å²) in [4.78, 5) is 27.4. The van der Waals surface area contributed by atoms with Gasteiger partial charge in [0, 0.05) is 29.6 Å². The van der Waals surface area contributed by atoms with Gasteiger partial charge in [-0.05, 0) is 26.0 Å². The average Bonchev–Trinajstić information content (AvgIpc) is 2.89. The van der Waals surface area contributed by atoms with Gasteiger partial charge in [0.2, 0.25) is 0 Å². The Morgan fingerprint density at radius 3 is 2.70 bits per heavy atom.